The third kappa shape index (κ3) is 6.03. The van der Waals surface area contributed by atoms with Gasteiger partial charge in [0.1, 0.15) is 19.0 Å². The lowest BCUT2D eigenvalue weighted by molar-refractivity contribution is 0.0920. The number of nitrogens with zero attached hydrogens (tertiary/aromatic N) is 3. The first-order valence-corrected chi connectivity index (χ1v) is 11.1. The van der Waals surface area contributed by atoms with Crippen molar-refractivity contribution in [1.29, 1.82) is 0 Å². The minimum absolute atomic E-state index is 0.0167. The topological polar surface area (TPSA) is 98.1 Å². The van der Waals surface area contributed by atoms with Crippen molar-refractivity contribution in [1.82, 2.24) is 20.1 Å². The molecule has 0 aliphatic rings. The summed E-state index contributed by atoms with van der Waals surface area (Å²) in [6, 6.07) is 7.68. The van der Waals surface area contributed by atoms with Gasteiger partial charge in [-0.3, -0.25) is 9.59 Å². The average Bonchev–Trinajstić information content (AvgIpc) is 3.17. The number of benzene rings is 1. The number of aromatic nitrogens is 3. The molecule has 3 rings (SSSR count). The van der Waals surface area contributed by atoms with Crippen LogP contribution in [0.3, 0.4) is 0 Å². The van der Waals surface area contributed by atoms with Gasteiger partial charge in [-0.2, -0.15) is 0 Å². The van der Waals surface area contributed by atoms with Crippen molar-refractivity contribution in [3.05, 3.63) is 63.4 Å². The number of anilines is 1. The molecule has 0 fully saturated rings. The van der Waals surface area contributed by atoms with Crippen molar-refractivity contribution in [3.8, 4) is 11.7 Å². The van der Waals surface area contributed by atoms with E-state index < -0.39 is 24.0 Å². The predicted molar refractivity (Wildman–Crippen MR) is 129 cm³/mol. The van der Waals surface area contributed by atoms with Gasteiger partial charge in [0.25, 0.3) is 11.8 Å². The number of alkyl halides is 1. The minimum Gasteiger partial charge on any atom is -0.474 e. The maximum absolute atomic E-state index is 13.4. The van der Waals surface area contributed by atoms with Gasteiger partial charge in [0.15, 0.2) is 5.82 Å². The lowest BCUT2D eigenvalue weighted by Crippen LogP contribution is -2.41. The van der Waals surface area contributed by atoms with Crippen LogP contribution in [0.4, 0.5) is 10.1 Å². The number of pyridine rings is 1. The number of ether oxygens (including phenoxy) is 1. The quantitative estimate of drug-likeness (QED) is 0.468. The van der Waals surface area contributed by atoms with Gasteiger partial charge in [-0.25, -0.2) is 14.1 Å². The van der Waals surface area contributed by atoms with Crippen LogP contribution in [-0.2, 0) is 0 Å². The monoisotopic (exact) mass is 507 g/mol. The molecule has 0 atom stereocenters. The molecule has 0 aliphatic carbocycles. The van der Waals surface area contributed by atoms with Crippen molar-refractivity contribution in [2.45, 2.75) is 33.2 Å². The number of hydrogen-bond donors (Lipinski definition) is 2. The molecule has 3 aromatic rings. The van der Waals surface area contributed by atoms with Gasteiger partial charge >= 0.3 is 0 Å². The van der Waals surface area contributed by atoms with Crippen LogP contribution in [0.1, 0.15) is 47.2 Å². The summed E-state index contributed by atoms with van der Waals surface area (Å²) in [4.78, 5) is 30.5. The molecule has 0 radical (unpaired) electrons. The molecular formula is C23H24Cl2FN5O3. The standard InChI is InChI=1S/C23H24Cl2FN5O3/c1-13-10-14(24)11-15(21(32)29-23(2,3)4)19(13)28-22(33)17-12-18(34-9-7-26)30-31(17)20-16(25)6-5-8-27-20/h5-6,8,10-12H,7,9H2,1-4H3,(H,28,33)(H,29,32). The van der Waals surface area contributed by atoms with Crippen molar-refractivity contribution < 1.29 is 18.7 Å². The number of rotatable bonds is 7. The van der Waals surface area contributed by atoms with Crippen molar-refractivity contribution in [3.63, 3.8) is 0 Å². The Kier molecular flexibility index (Phi) is 7.78. The van der Waals surface area contributed by atoms with E-state index in [0.29, 0.717) is 10.6 Å². The molecule has 34 heavy (non-hydrogen) atoms. The van der Waals surface area contributed by atoms with Gasteiger partial charge in [0, 0.05) is 22.8 Å². The number of carbonyl (C=O) groups is 2. The van der Waals surface area contributed by atoms with Crippen LogP contribution in [0.5, 0.6) is 5.88 Å². The van der Waals surface area contributed by atoms with Gasteiger partial charge in [-0.1, -0.05) is 23.2 Å². The zero-order valence-corrected chi connectivity index (χ0v) is 20.6. The number of carbonyl (C=O) groups excluding carboxylic acids is 2. The van der Waals surface area contributed by atoms with E-state index in [9.17, 15) is 14.0 Å². The number of amides is 2. The summed E-state index contributed by atoms with van der Waals surface area (Å²) in [5, 5.41) is 10.4. The van der Waals surface area contributed by atoms with E-state index in [4.69, 9.17) is 27.9 Å². The van der Waals surface area contributed by atoms with Crippen LogP contribution in [0, 0.1) is 6.92 Å². The lowest BCUT2D eigenvalue weighted by atomic mass is 10.0. The Morgan fingerprint density at radius 3 is 2.56 bits per heavy atom. The van der Waals surface area contributed by atoms with Gasteiger partial charge in [-0.15, -0.1) is 5.10 Å². The third-order valence-electron chi connectivity index (χ3n) is 4.46. The zero-order valence-electron chi connectivity index (χ0n) is 19.1. The second-order valence-electron chi connectivity index (χ2n) is 8.43. The number of nitrogens with one attached hydrogen (secondary N) is 2. The SMILES string of the molecule is Cc1cc(Cl)cc(C(=O)NC(C)(C)C)c1NC(=O)c1cc(OCCF)nn1-c1ncccc1Cl. The molecule has 2 N–H and O–H groups in total. The number of aryl methyl sites for hydroxylation is 1. The molecule has 0 saturated heterocycles. The largest absolute Gasteiger partial charge is 0.474 e. The van der Waals surface area contributed by atoms with Gasteiger partial charge < -0.3 is 15.4 Å². The van der Waals surface area contributed by atoms with Crippen LogP contribution in [0.25, 0.3) is 5.82 Å². The van der Waals surface area contributed by atoms with Crippen molar-refractivity contribution in [2.75, 3.05) is 18.6 Å². The van der Waals surface area contributed by atoms with E-state index in [1.807, 2.05) is 20.8 Å². The van der Waals surface area contributed by atoms with Gasteiger partial charge in [0.05, 0.1) is 16.3 Å². The first-order valence-electron chi connectivity index (χ1n) is 10.3. The molecule has 8 nitrogen and oxygen atoms in total. The van der Waals surface area contributed by atoms with Gasteiger partial charge in [-0.05, 0) is 57.5 Å². The molecule has 180 valence electrons. The molecule has 0 bridgehead atoms. The molecule has 0 saturated carbocycles. The molecule has 0 spiro atoms. The normalized spacial score (nSPS) is 11.3. The molecule has 0 unspecified atom stereocenters. The molecule has 0 aliphatic heterocycles. The van der Waals surface area contributed by atoms with E-state index in [1.54, 1.807) is 25.1 Å². The van der Waals surface area contributed by atoms with Crippen LogP contribution >= 0.6 is 23.2 Å². The molecule has 2 amide bonds. The number of hydrogen-bond acceptors (Lipinski definition) is 5. The van der Waals surface area contributed by atoms with E-state index >= 15 is 0 Å². The van der Waals surface area contributed by atoms with E-state index in [-0.39, 0.29) is 40.3 Å². The Balaban J connectivity index is 2.04. The summed E-state index contributed by atoms with van der Waals surface area (Å²) in [5.74, 6) is -0.813. The predicted octanol–water partition coefficient (Wildman–Crippen LogP) is 5.01. The fraction of sp³-hybridized carbons (Fsp3) is 0.304. The maximum Gasteiger partial charge on any atom is 0.274 e. The maximum atomic E-state index is 13.4. The van der Waals surface area contributed by atoms with Crippen LogP contribution in [0.2, 0.25) is 10.0 Å². The van der Waals surface area contributed by atoms with E-state index in [2.05, 4.69) is 20.7 Å². The van der Waals surface area contributed by atoms with E-state index in [1.165, 1.54) is 23.0 Å². The highest BCUT2D eigenvalue weighted by Gasteiger charge is 2.24. The fourth-order valence-corrected chi connectivity index (χ4v) is 3.58. The van der Waals surface area contributed by atoms with E-state index in [0.717, 1.165) is 0 Å². The number of halogens is 3. The molecule has 1 aromatic carbocycles. The van der Waals surface area contributed by atoms with Crippen molar-refractivity contribution in [2.24, 2.45) is 0 Å². The Hall–Kier alpha value is -3.17. The highest BCUT2D eigenvalue weighted by molar-refractivity contribution is 6.32. The summed E-state index contributed by atoms with van der Waals surface area (Å²) in [5.41, 5.74) is 0.569. The second kappa shape index (κ2) is 10.4. The van der Waals surface area contributed by atoms with Gasteiger partial charge in [0.2, 0.25) is 5.88 Å². The van der Waals surface area contributed by atoms with Crippen LogP contribution < -0.4 is 15.4 Å². The Bertz CT molecular complexity index is 1220. The first kappa shape index (κ1) is 25.5. The highest BCUT2D eigenvalue weighted by atomic mass is 35.5. The average molecular weight is 508 g/mol. The van der Waals surface area contributed by atoms with Crippen molar-refractivity contribution >= 4 is 40.7 Å². The highest BCUT2D eigenvalue weighted by Crippen LogP contribution is 2.28. The Morgan fingerprint density at radius 2 is 1.91 bits per heavy atom. The lowest BCUT2D eigenvalue weighted by Gasteiger charge is -2.22. The minimum atomic E-state index is -0.727. The molecule has 2 heterocycles. The summed E-state index contributed by atoms with van der Waals surface area (Å²) in [6.07, 6.45) is 1.49. The molecule has 2 aromatic heterocycles. The Morgan fingerprint density at radius 1 is 1.18 bits per heavy atom. The third-order valence-corrected chi connectivity index (χ3v) is 4.97. The molecule has 11 heteroatoms. The summed E-state index contributed by atoms with van der Waals surface area (Å²) in [7, 11) is 0. The molecular weight excluding hydrogens is 484 g/mol. The summed E-state index contributed by atoms with van der Waals surface area (Å²) in [6.45, 7) is 6.28. The second-order valence-corrected chi connectivity index (χ2v) is 9.27. The first-order chi connectivity index (χ1) is 16.0. The fourth-order valence-electron chi connectivity index (χ4n) is 3.10. The Labute approximate surface area is 206 Å². The smallest absolute Gasteiger partial charge is 0.274 e. The zero-order chi connectivity index (χ0) is 25.0. The summed E-state index contributed by atoms with van der Waals surface area (Å²) >= 11 is 12.4. The summed E-state index contributed by atoms with van der Waals surface area (Å²) < 4.78 is 19.1. The van der Waals surface area contributed by atoms with Crippen LogP contribution in [-0.4, -0.2) is 45.4 Å². The van der Waals surface area contributed by atoms with Crippen LogP contribution in [0.15, 0.2) is 36.5 Å².